The highest BCUT2D eigenvalue weighted by Gasteiger charge is 2.29. The number of nitrogens with zero attached hydrogens (tertiary/aromatic N) is 2. The van der Waals surface area contributed by atoms with Gasteiger partial charge in [0.25, 0.3) is 11.0 Å². The summed E-state index contributed by atoms with van der Waals surface area (Å²) in [5.74, 6) is 0.717. The number of oxazole rings is 2. The van der Waals surface area contributed by atoms with Crippen molar-refractivity contribution in [2.45, 2.75) is 6.67 Å². The fraction of sp³-hybridized carbons (Fsp3) is 0.0323. The van der Waals surface area contributed by atoms with E-state index in [2.05, 4.69) is 9.13 Å². The normalized spacial score (nSPS) is 11.3. The monoisotopic (exact) mass is 746 g/mol. The number of hydrogen-bond acceptors (Lipinski definition) is 2. The Hall–Kier alpha value is -3.38. The highest BCUT2D eigenvalue weighted by Crippen LogP contribution is 2.18. The average molecular weight is 746 g/mol. The topological polar surface area (TPSA) is 34.0 Å². The van der Waals surface area contributed by atoms with Gasteiger partial charge < -0.3 is 56.8 Å². The van der Waals surface area contributed by atoms with Gasteiger partial charge in [0.15, 0.2) is 0 Å². The van der Waals surface area contributed by atoms with Gasteiger partial charge >= 0.3 is 18.5 Å². The molecular formula is C31H22F2I2N2O2. The van der Waals surface area contributed by atoms with Gasteiger partial charge in [0.05, 0.1) is 12.2 Å². The molecule has 0 radical (unpaired) electrons. The number of aromatic nitrogens is 2. The molecule has 0 unspecified atom stereocenters. The van der Waals surface area contributed by atoms with E-state index in [0.29, 0.717) is 18.5 Å². The van der Waals surface area contributed by atoms with E-state index in [4.69, 9.17) is 8.83 Å². The van der Waals surface area contributed by atoms with Gasteiger partial charge in [0, 0.05) is 12.1 Å². The molecule has 0 aliphatic carbocycles. The molecule has 2 heterocycles. The summed E-state index contributed by atoms with van der Waals surface area (Å²) in [7, 11) is 0. The lowest BCUT2D eigenvalue weighted by Crippen LogP contribution is -3.00. The van der Waals surface area contributed by atoms with Crippen LogP contribution in [0, 0.1) is 11.6 Å². The van der Waals surface area contributed by atoms with E-state index in [1.54, 1.807) is 24.3 Å². The molecule has 0 bridgehead atoms. The molecule has 2 aromatic heterocycles. The predicted octanol–water partition coefficient (Wildman–Crippen LogP) is 0.887. The quantitative estimate of drug-likeness (QED) is 0.188. The van der Waals surface area contributed by atoms with Crippen molar-refractivity contribution in [3.05, 3.63) is 132 Å². The molecule has 0 aliphatic heterocycles. The Balaban J connectivity index is 0.00000176. The van der Waals surface area contributed by atoms with Crippen LogP contribution in [0.15, 0.2) is 106 Å². The Morgan fingerprint density at radius 2 is 0.897 bits per heavy atom. The van der Waals surface area contributed by atoms with Gasteiger partial charge in [-0.15, -0.1) is 0 Å². The van der Waals surface area contributed by atoms with Crippen molar-refractivity contribution in [2.75, 3.05) is 0 Å². The summed E-state index contributed by atoms with van der Waals surface area (Å²) in [5, 5.41) is 0. The predicted molar refractivity (Wildman–Crippen MR) is 139 cm³/mol. The zero-order chi connectivity index (χ0) is 25.2. The Kier molecular flexibility index (Phi) is 9.28. The zero-order valence-corrected chi connectivity index (χ0v) is 24.8. The van der Waals surface area contributed by atoms with E-state index in [1.165, 1.54) is 24.3 Å². The van der Waals surface area contributed by atoms with Gasteiger partial charge in [-0.25, -0.2) is 8.78 Å². The standard InChI is InChI=1S/C31H22F2N2O2.2HI/c32-24-15-9-22(10-16-24)13-19-30-34(26-5-1-3-7-28(26)36-30)21-35-27-6-2-4-8-29(27)37-31(35)20-14-23-11-17-25(33)18-12-23;;/h1-20H,21H2;2*1H/q+2;;/p-2/b19-13+,20-14+;;. The molecule has 0 spiro atoms. The summed E-state index contributed by atoms with van der Waals surface area (Å²) in [6.07, 6.45) is 7.54. The van der Waals surface area contributed by atoms with E-state index < -0.39 is 0 Å². The van der Waals surface area contributed by atoms with Gasteiger partial charge in [0.1, 0.15) is 11.6 Å². The first-order valence-corrected chi connectivity index (χ1v) is 11.8. The SMILES string of the molecule is Fc1ccc(/C=C/c2oc3ccccc3[n+]2C[n+]2c(/C=C/c3ccc(F)cc3)oc3ccccc32)cc1.[I-].[I-]. The van der Waals surface area contributed by atoms with Crippen molar-refractivity contribution in [3.63, 3.8) is 0 Å². The number of benzene rings is 4. The van der Waals surface area contributed by atoms with Crippen LogP contribution in [0.3, 0.4) is 0 Å². The molecule has 0 atom stereocenters. The second-order valence-electron chi connectivity index (χ2n) is 8.58. The summed E-state index contributed by atoms with van der Waals surface area (Å²) < 4.78 is 43.2. The highest BCUT2D eigenvalue weighted by molar-refractivity contribution is 5.73. The van der Waals surface area contributed by atoms with Gasteiger partial charge in [-0.05, 0) is 59.7 Å². The molecule has 6 rings (SSSR count). The van der Waals surface area contributed by atoms with Gasteiger partial charge in [0.2, 0.25) is 11.2 Å². The molecule has 0 fully saturated rings. The van der Waals surface area contributed by atoms with Crippen LogP contribution in [0.25, 0.3) is 46.5 Å². The molecular weight excluding hydrogens is 724 g/mol. The smallest absolute Gasteiger partial charge is 0.379 e. The second kappa shape index (κ2) is 12.6. The van der Waals surface area contributed by atoms with Gasteiger partial charge in [-0.2, -0.15) is 0 Å². The second-order valence-corrected chi connectivity index (χ2v) is 8.58. The van der Waals surface area contributed by atoms with E-state index in [0.717, 1.165) is 33.3 Å². The molecule has 39 heavy (non-hydrogen) atoms. The summed E-state index contributed by atoms with van der Waals surface area (Å²) >= 11 is 0. The van der Waals surface area contributed by atoms with E-state index in [-0.39, 0.29) is 59.6 Å². The molecule has 0 saturated carbocycles. The lowest BCUT2D eigenvalue weighted by atomic mass is 10.2. The Labute approximate surface area is 257 Å². The van der Waals surface area contributed by atoms with E-state index in [1.807, 2.05) is 72.8 Å². The maximum Gasteiger partial charge on any atom is 0.379 e. The summed E-state index contributed by atoms with van der Waals surface area (Å²) in [6.45, 7) is 0.417. The summed E-state index contributed by atoms with van der Waals surface area (Å²) in [5.41, 5.74) is 5.06. The molecule has 0 aliphatic rings. The van der Waals surface area contributed by atoms with Crippen molar-refractivity contribution in [1.82, 2.24) is 0 Å². The van der Waals surface area contributed by atoms with Crippen LogP contribution in [-0.4, -0.2) is 0 Å². The molecule has 196 valence electrons. The summed E-state index contributed by atoms with van der Waals surface area (Å²) in [6, 6.07) is 28.2. The Morgan fingerprint density at radius 1 is 0.513 bits per heavy atom. The first-order valence-electron chi connectivity index (χ1n) is 11.8. The lowest BCUT2D eigenvalue weighted by molar-refractivity contribution is -0.894. The van der Waals surface area contributed by atoms with Crippen LogP contribution in [0.4, 0.5) is 8.78 Å². The third kappa shape index (κ3) is 6.27. The molecule has 4 nitrogen and oxygen atoms in total. The molecule has 8 heteroatoms. The van der Waals surface area contributed by atoms with Crippen molar-refractivity contribution in [3.8, 4) is 0 Å². The first kappa shape index (κ1) is 28.6. The molecule has 0 N–H and O–H groups in total. The minimum atomic E-state index is -0.277. The Morgan fingerprint density at radius 3 is 1.31 bits per heavy atom. The summed E-state index contributed by atoms with van der Waals surface area (Å²) in [4.78, 5) is 0. The largest absolute Gasteiger partial charge is 1.00 e. The minimum absolute atomic E-state index is 0. The maximum absolute atomic E-state index is 13.3. The molecule has 0 amide bonds. The number of hydrogen-bond donors (Lipinski definition) is 0. The molecule has 4 aromatic carbocycles. The van der Waals surface area contributed by atoms with E-state index >= 15 is 0 Å². The van der Waals surface area contributed by atoms with Crippen molar-refractivity contribution < 1.29 is 74.7 Å². The Bertz CT molecular complexity index is 1640. The number of halogens is 4. The fourth-order valence-corrected chi connectivity index (χ4v) is 4.27. The van der Waals surface area contributed by atoms with Crippen molar-refractivity contribution in [2.24, 2.45) is 0 Å². The maximum atomic E-state index is 13.3. The van der Waals surface area contributed by atoms with Crippen molar-refractivity contribution >= 4 is 46.5 Å². The third-order valence-electron chi connectivity index (χ3n) is 6.13. The van der Waals surface area contributed by atoms with Gasteiger partial charge in [-0.3, -0.25) is 0 Å². The van der Waals surface area contributed by atoms with E-state index in [9.17, 15) is 8.78 Å². The molecule has 0 saturated heterocycles. The minimum Gasteiger partial charge on any atom is -1.00 e. The zero-order valence-electron chi connectivity index (χ0n) is 20.5. The lowest BCUT2D eigenvalue weighted by Gasteiger charge is -1.95. The third-order valence-corrected chi connectivity index (χ3v) is 6.13. The van der Waals surface area contributed by atoms with Crippen molar-refractivity contribution in [1.29, 1.82) is 0 Å². The van der Waals surface area contributed by atoms with Crippen LogP contribution in [-0.2, 0) is 6.67 Å². The van der Waals surface area contributed by atoms with Crippen LogP contribution >= 0.6 is 0 Å². The van der Waals surface area contributed by atoms with Gasteiger partial charge in [-0.1, -0.05) is 57.7 Å². The number of fused-ring (bicyclic) bond motifs is 2. The average Bonchev–Trinajstić information content (AvgIpc) is 3.46. The highest BCUT2D eigenvalue weighted by atomic mass is 127. The number of rotatable bonds is 6. The number of para-hydroxylation sites is 4. The van der Waals surface area contributed by atoms with Crippen LogP contribution < -0.4 is 57.1 Å². The molecule has 6 aromatic rings. The fourth-order valence-electron chi connectivity index (χ4n) is 4.27. The van der Waals surface area contributed by atoms with Crippen LogP contribution in [0.2, 0.25) is 0 Å². The van der Waals surface area contributed by atoms with Crippen LogP contribution in [0.5, 0.6) is 0 Å². The van der Waals surface area contributed by atoms with Crippen LogP contribution in [0.1, 0.15) is 22.9 Å². The first-order chi connectivity index (χ1) is 18.1.